The lowest BCUT2D eigenvalue weighted by molar-refractivity contribution is -0.131. The van der Waals surface area contributed by atoms with Crippen LogP contribution in [0.25, 0.3) is 10.7 Å². The van der Waals surface area contributed by atoms with E-state index >= 15 is 0 Å². The Balaban J connectivity index is 1.61. The first-order valence-electron chi connectivity index (χ1n) is 6.41. The van der Waals surface area contributed by atoms with E-state index in [1.807, 2.05) is 29.6 Å². The molecule has 3 rings (SSSR count). The van der Waals surface area contributed by atoms with Gasteiger partial charge in [-0.2, -0.15) is 4.80 Å². The maximum Gasteiger partial charge on any atom is 0.246 e. The second kappa shape index (κ2) is 6.55. The number of aromatic nitrogens is 4. The molecule has 22 heavy (non-hydrogen) atoms. The second-order valence-electron chi connectivity index (χ2n) is 4.58. The molecule has 0 atom stereocenters. The minimum absolute atomic E-state index is 0.0635. The summed E-state index contributed by atoms with van der Waals surface area (Å²) in [4.78, 5) is 17.1. The van der Waals surface area contributed by atoms with Crippen LogP contribution in [0.2, 0.25) is 4.34 Å². The van der Waals surface area contributed by atoms with Gasteiger partial charge in [0.2, 0.25) is 11.7 Å². The summed E-state index contributed by atoms with van der Waals surface area (Å²) in [6.07, 6.45) is 0. The number of hydrogen-bond donors (Lipinski definition) is 0. The number of hydrogen-bond acceptors (Lipinski definition) is 6. The monoisotopic (exact) mass is 353 g/mol. The molecule has 6 nitrogen and oxygen atoms in total. The molecule has 3 aromatic rings. The van der Waals surface area contributed by atoms with Gasteiger partial charge in [-0.05, 0) is 28.8 Å². The van der Waals surface area contributed by atoms with Crippen molar-refractivity contribution in [2.24, 2.45) is 0 Å². The van der Waals surface area contributed by atoms with Crippen molar-refractivity contribution >= 4 is 40.2 Å². The van der Waals surface area contributed by atoms with Crippen LogP contribution in [0.5, 0.6) is 0 Å². The first-order chi connectivity index (χ1) is 10.6. The molecule has 0 aliphatic carbocycles. The summed E-state index contributed by atoms with van der Waals surface area (Å²) in [6, 6.07) is 7.58. The molecule has 0 aliphatic heterocycles. The molecule has 0 aliphatic rings. The molecule has 0 N–H and O–H groups in total. The van der Waals surface area contributed by atoms with Gasteiger partial charge >= 0.3 is 0 Å². The lowest BCUT2D eigenvalue weighted by Crippen LogP contribution is -2.30. The second-order valence-corrected chi connectivity index (χ2v) is 7.32. The first-order valence-corrected chi connectivity index (χ1v) is 8.49. The lowest BCUT2D eigenvalue weighted by atomic mass is 10.4. The normalized spacial score (nSPS) is 10.8. The van der Waals surface area contributed by atoms with Gasteiger partial charge in [0.1, 0.15) is 6.54 Å². The summed E-state index contributed by atoms with van der Waals surface area (Å²) in [5.41, 5.74) is 0. The van der Waals surface area contributed by atoms with Crippen molar-refractivity contribution in [2.45, 2.75) is 13.1 Å². The van der Waals surface area contributed by atoms with E-state index in [1.165, 1.54) is 27.5 Å². The third-order valence-corrected chi connectivity index (χ3v) is 5.00. The van der Waals surface area contributed by atoms with Crippen molar-refractivity contribution in [1.82, 2.24) is 25.1 Å². The average molecular weight is 354 g/mol. The highest BCUT2D eigenvalue weighted by Crippen LogP contribution is 2.22. The summed E-state index contributed by atoms with van der Waals surface area (Å²) >= 11 is 8.89. The van der Waals surface area contributed by atoms with Gasteiger partial charge in [0, 0.05) is 11.9 Å². The van der Waals surface area contributed by atoms with Crippen LogP contribution in [0.3, 0.4) is 0 Å². The predicted molar refractivity (Wildman–Crippen MR) is 86.9 cm³/mol. The van der Waals surface area contributed by atoms with Gasteiger partial charge < -0.3 is 4.90 Å². The number of amides is 1. The fourth-order valence-electron chi connectivity index (χ4n) is 1.81. The third-order valence-electron chi connectivity index (χ3n) is 2.92. The van der Waals surface area contributed by atoms with Crippen LogP contribution >= 0.6 is 34.3 Å². The lowest BCUT2D eigenvalue weighted by Gasteiger charge is -2.15. The third kappa shape index (κ3) is 3.52. The molecule has 0 aromatic carbocycles. The number of tetrazole rings is 1. The molecule has 0 spiro atoms. The van der Waals surface area contributed by atoms with Gasteiger partial charge in [0.15, 0.2) is 0 Å². The minimum Gasteiger partial charge on any atom is -0.339 e. The van der Waals surface area contributed by atoms with Crippen molar-refractivity contribution in [3.63, 3.8) is 0 Å². The van der Waals surface area contributed by atoms with Crippen LogP contribution in [0.1, 0.15) is 4.88 Å². The van der Waals surface area contributed by atoms with Crippen molar-refractivity contribution < 1.29 is 4.79 Å². The maximum absolute atomic E-state index is 12.2. The number of halogens is 1. The van der Waals surface area contributed by atoms with Crippen LogP contribution < -0.4 is 0 Å². The summed E-state index contributed by atoms with van der Waals surface area (Å²) in [7, 11) is 1.74. The molecule has 0 bridgehead atoms. The van der Waals surface area contributed by atoms with E-state index in [9.17, 15) is 4.79 Å². The van der Waals surface area contributed by atoms with Crippen LogP contribution in [0, 0.1) is 0 Å². The van der Waals surface area contributed by atoms with E-state index in [0.717, 1.165) is 14.1 Å². The fourth-order valence-corrected chi connectivity index (χ4v) is 3.60. The number of nitrogens with zero attached hydrogens (tertiary/aromatic N) is 5. The van der Waals surface area contributed by atoms with Crippen molar-refractivity contribution in [2.75, 3.05) is 7.05 Å². The highest BCUT2D eigenvalue weighted by atomic mass is 35.5. The zero-order valence-corrected chi connectivity index (χ0v) is 14.0. The zero-order chi connectivity index (χ0) is 15.5. The molecule has 0 unspecified atom stereocenters. The Morgan fingerprint density at radius 3 is 2.95 bits per heavy atom. The molecular formula is C13H12ClN5OS2. The average Bonchev–Trinajstić information content (AvgIpc) is 3.20. The molecule has 0 fully saturated rings. The molecule has 3 aromatic heterocycles. The quantitative estimate of drug-likeness (QED) is 0.707. The highest BCUT2D eigenvalue weighted by Gasteiger charge is 2.14. The van der Waals surface area contributed by atoms with E-state index in [4.69, 9.17) is 11.6 Å². The number of carbonyl (C=O) groups is 1. The largest absolute Gasteiger partial charge is 0.339 e. The van der Waals surface area contributed by atoms with E-state index in [2.05, 4.69) is 15.4 Å². The first kappa shape index (κ1) is 15.1. The molecule has 0 saturated carbocycles. The van der Waals surface area contributed by atoms with Gasteiger partial charge in [-0.15, -0.1) is 32.9 Å². The van der Waals surface area contributed by atoms with Crippen molar-refractivity contribution in [3.05, 3.63) is 38.9 Å². The van der Waals surface area contributed by atoms with Gasteiger partial charge in [0.05, 0.1) is 15.8 Å². The molecule has 3 heterocycles. The molecular weight excluding hydrogens is 342 g/mol. The molecule has 0 radical (unpaired) electrons. The molecule has 0 saturated heterocycles. The van der Waals surface area contributed by atoms with Crippen LogP contribution in [0.15, 0.2) is 29.6 Å². The van der Waals surface area contributed by atoms with Crippen molar-refractivity contribution in [3.8, 4) is 10.7 Å². The number of thiophene rings is 2. The Morgan fingerprint density at radius 2 is 2.27 bits per heavy atom. The Hall–Kier alpha value is -1.77. The van der Waals surface area contributed by atoms with Gasteiger partial charge in [-0.3, -0.25) is 4.79 Å². The van der Waals surface area contributed by atoms with Gasteiger partial charge in [0.25, 0.3) is 0 Å². The van der Waals surface area contributed by atoms with E-state index < -0.39 is 0 Å². The molecule has 114 valence electrons. The number of carbonyl (C=O) groups excluding carboxylic acids is 1. The van der Waals surface area contributed by atoms with E-state index in [-0.39, 0.29) is 12.5 Å². The number of likely N-dealkylation sites (N-methyl/N-ethyl adjacent to an activating group) is 1. The fraction of sp³-hybridized carbons (Fsp3) is 0.231. The Labute approximate surface area is 139 Å². The Kier molecular flexibility index (Phi) is 4.51. The van der Waals surface area contributed by atoms with Gasteiger partial charge in [-0.1, -0.05) is 17.7 Å². The minimum atomic E-state index is -0.0837. The Bertz CT molecular complexity index is 767. The highest BCUT2D eigenvalue weighted by molar-refractivity contribution is 7.16. The smallest absolute Gasteiger partial charge is 0.246 e. The summed E-state index contributed by atoms with van der Waals surface area (Å²) < 4.78 is 0.717. The molecule has 9 heteroatoms. The maximum atomic E-state index is 12.2. The van der Waals surface area contributed by atoms with E-state index in [0.29, 0.717) is 12.4 Å². The van der Waals surface area contributed by atoms with Crippen molar-refractivity contribution in [1.29, 1.82) is 0 Å². The number of rotatable bonds is 5. The van der Waals surface area contributed by atoms with Crippen LogP contribution in [-0.4, -0.2) is 38.1 Å². The van der Waals surface area contributed by atoms with Gasteiger partial charge in [-0.25, -0.2) is 0 Å². The topological polar surface area (TPSA) is 63.9 Å². The Morgan fingerprint density at radius 1 is 1.41 bits per heavy atom. The summed E-state index contributed by atoms with van der Waals surface area (Å²) in [5.74, 6) is 0.454. The standard InChI is InChI=1S/C13H12ClN5OS2/c1-18(7-9-4-5-11(14)22-9)12(20)8-19-16-13(15-17-19)10-3-2-6-21-10/h2-6H,7-8H2,1H3. The SMILES string of the molecule is CN(Cc1ccc(Cl)s1)C(=O)Cn1nnc(-c2cccs2)n1. The van der Waals surface area contributed by atoms with E-state index in [1.54, 1.807) is 11.9 Å². The zero-order valence-electron chi connectivity index (χ0n) is 11.6. The van der Waals surface area contributed by atoms with Crippen LogP contribution in [-0.2, 0) is 17.9 Å². The van der Waals surface area contributed by atoms with Crippen LogP contribution in [0.4, 0.5) is 0 Å². The summed E-state index contributed by atoms with van der Waals surface area (Å²) in [6.45, 7) is 0.580. The predicted octanol–water partition coefficient (Wildman–Crippen LogP) is 2.78. The molecule has 1 amide bonds. The summed E-state index contributed by atoms with van der Waals surface area (Å²) in [5, 5.41) is 14.1.